The highest BCUT2D eigenvalue weighted by Crippen LogP contribution is 2.27. The summed E-state index contributed by atoms with van der Waals surface area (Å²) < 4.78 is 6.15. The molecule has 1 heterocycles. The molecule has 1 aromatic heterocycles. The number of methoxy groups -OCH3 is 1. The van der Waals surface area contributed by atoms with Gasteiger partial charge in [0.05, 0.1) is 23.0 Å². The Labute approximate surface area is 125 Å². The first kappa shape index (κ1) is 13.4. The third kappa shape index (κ3) is 2.66. The second-order valence-corrected chi connectivity index (χ2v) is 5.43. The summed E-state index contributed by atoms with van der Waals surface area (Å²) in [5.74, 6) is 0.235. The van der Waals surface area contributed by atoms with Crippen LogP contribution in [0.25, 0.3) is 10.2 Å². The van der Waals surface area contributed by atoms with Crippen LogP contribution in [0.3, 0.4) is 0 Å². The molecule has 3 rings (SSSR count). The molecule has 0 saturated carbocycles. The van der Waals surface area contributed by atoms with Crippen molar-refractivity contribution in [3.63, 3.8) is 0 Å². The van der Waals surface area contributed by atoms with E-state index in [-0.39, 0.29) is 5.91 Å². The molecule has 0 spiro atoms. The van der Waals surface area contributed by atoms with E-state index in [4.69, 9.17) is 10.5 Å². The zero-order valence-corrected chi connectivity index (χ0v) is 12.1. The fraction of sp³-hybridized carbons (Fsp3) is 0.0667. The Morgan fingerprint density at radius 2 is 2.10 bits per heavy atom. The number of fused-ring (bicyclic) bond motifs is 1. The SMILES string of the molecule is COc1cc(C(=O)Nc2nc3ccccc3s2)ccc1N. The van der Waals surface area contributed by atoms with Gasteiger partial charge in [0, 0.05) is 5.56 Å². The van der Waals surface area contributed by atoms with E-state index in [1.54, 1.807) is 18.2 Å². The number of carbonyl (C=O) groups excluding carboxylic acids is 1. The predicted molar refractivity (Wildman–Crippen MR) is 85.0 cm³/mol. The zero-order chi connectivity index (χ0) is 14.8. The third-order valence-electron chi connectivity index (χ3n) is 3.01. The number of aromatic nitrogens is 1. The number of anilines is 2. The minimum absolute atomic E-state index is 0.243. The monoisotopic (exact) mass is 299 g/mol. The second-order valence-electron chi connectivity index (χ2n) is 4.40. The Bertz CT molecular complexity index is 781. The van der Waals surface area contributed by atoms with Crippen molar-refractivity contribution in [1.82, 2.24) is 4.98 Å². The molecule has 0 unspecified atom stereocenters. The first-order chi connectivity index (χ1) is 10.2. The normalized spacial score (nSPS) is 10.5. The number of nitrogens with one attached hydrogen (secondary N) is 1. The Balaban J connectivity index is 1.85. The van der Waals surface area contributed by atoms with E-state index < -0.39 is 0 Å². The standard InChI is InChI=1S/C15H13N3O2S/c1-20-12-8-9(6-7-10(12)16)14(19)18-15-17-11-4-2-3-5-13(11)21-15/h2-8H,16H2,1H3,(H,17,18,19). The van der Waals surface area contributed by atoms with Crippen LogP contribution in [0.4, 0.5) is 10.8 Å². The molecule has 2 aromatic carbocycles. The smallest absolute Gasteiger partial charge is 0.257 e. The number of rotatable bonds is 3. The average molecular weight is 299 g/mol. The van der Waals surface area contributed by atoms with Crippen molar-refractivity contribution in [2.75, 3.05) is 18.2 Å². The third-order valence-corrected chi connectivity index (χ3v) is 3.96. The van der Waals surface area contributed by atoms with Gasteiger partial charge in [0.15, 0.2) is 5.13 Å². The van der Waals surface area contributed by atoms with Crippen LogP contribution in [0.15, 0.2) is 42.5 Å². The summed E-state index contributed by atoms with van der Waals surface area (Å²) in [4.78, 5) is 16.6. The van der Waals surface area contributed by atoms with E-state index >= 15 is 0 Å². The van der Waals surface area contributed by atoms with Gasteiger partial charge in [-0.1, -0.05) is 23.5 Å². The lowest BCUT2D eigenvalue weighted by Gasteiger charge is -2.06. The summed E-state index contributed by atoms with van der Waals surface area (Å²) in [6.07, 6.45) is 0. The van der Waals surface area contributed by atoms with Gasteiger partial charge in [-0.2, -0.15) is 0 Å². The minimum Gasteiger partial charge on any atom is -0.495 e. The zero-order valence-electron chi connectivity index (χ0n) is 11.3. The van der Waals surface area contributed by atoms with Crippen LogP contribution in [-0.2, 0) is 0 Å². The minimum atomic E-state index is -0.243. The highest BCUT2D eigenvalue weighted by atomic mass is 32.1. The van der Waals surface area contributed by atoms with Crippen LogP contribution in [-0.4, -0.2) is 18.0 Å². The molecule has 3 aromatic rings. The van der Waals surface area contributed by atoms with Crippen LogP contribution in [0.2, 0.25) is 0 Å². The fourth-order valence-electron chi connectivity index (χ4n) is 1.95. The number of hydrogen-bond acceptors (Lipinski definition) is 5. The van der Waals surface area contributed by atoms with E-state index in [2.05, 4.69) is 10.3 Å². The number of ether oxygens (including phenoxy) is 1. The van der Waals surface area contributed by atoms with Gasteiger partial charge in [-0.25, -0.2) is 4.98 Å². The molecule has 21 heavy (non-hydrogen) atoms. The van der Waals surface area contributed by atoms with E-state index in [0.29, 0.717) is 22.1 Å². The van der Waals surface area contributed by atoms with Gasteiger partial charge in [-0.3, -0.25) is 10.1 Å². The highest BCUT2D eigenvalue weighted by molar-refractivity contribution is 7.22. The molecule has 0 aliphatic heterocycles. The molecule has 0 saturated heterocycles. The average Bonchev–Trinajstić information content (AvgIpc) is 2.89. The Hall–Kier alpha value is -2.60. The van der Waals surface area contributed by atoms with Crippen molar-refractivity contribution in [2.45, 2.75) is 0 Å². The van der Waals surface area contributed by atoms with Gasteiger partial charge in [0.1, 0.15) is 5.75 Å². The summed E-state index contributed by atoms with van der Waals surface area (Å²) in [7, 11) is 1.51. The van der Waals surface area contributed by atoms with Gasteiger partial charge < -0.3 is 10.5 Å². The lowest BCUT2D eigenvalue weighted by Crippen LogP contribution is -2.12. The predicted octanol–water partition coefficient (Wildman–Crippen LogP) is 3.14. The van der Waals surface area contributed by atoms with E-state index in [1.807, 2.05) is 24.3 Å². The number of carbonyl (C=O) groups is 1. The Kier molecular flexibility index (Phi) is 3.45. The number of nitrogen functional groups attached to an aromatic ring is 1. The largest absolute Gasteiger partial charge is 0.495 e. The van der Waals surface area contributed by atoms with Gasteiger partial charge in [0.2, 0.25) is 0 Å². The summed E-state index contributed by atoms with van der Waals surface area (Å²) in [5.41, 5.74) is 7.57. The number of nitrogens with zero attached hydrogens (tertiary/aromatic N) is 1. The molecule has 0 radical (unpaired) electrons. The quantitative estimate of drug-likeness (QED) is 0.728. The van der Waals surface area contributed by atoms with E-state index in [0.717, 1.165) is 10.2 Å². The van der Waals surface area contributed by atoms with Crippen LogP contribution in [0, 0.1) is 0 Å². The topological polar surface area (TPSA) is 77.2 Å². The van der Waals surface area contributed by atoms with E-state index in [1.165, 1.54) is 18.4 Å². The molecule has 6 heteroatoms. The molecule has 3 N–H and O–H groups in total. The summed E-state index contributed by atoms with van der Waals surface area (Å²) in [5, 5.41) is 3.36. The molecule has 5 nitrogen and oxygen atoms in total. The number of para-hydroxylation sites is 1. The number of hydrogen-bond donors (Lipinski definition) is 2. The van der Waals surface area contributed by atoms with Gasteiger partial charge in [-0.15, -0.1) is 0 Å². The van der Waals surface area contributed by atoms with E-state index in [9.17, 15) is 4.79 Å². The molecule has 0 aliphatic carbocycles. The van der Waals surface area contributed by atoms with Crippen molar-refractivity contribution in [1.29, 1.82) is 0 Å². The van der Waals surface area contributed by atoms with Gasteiger partial charge in [-0.05, 0) is 30.3 Å². The first-order valence-electron chi connectivity index (χ1n) is 6.28. The first-order valence-corrected chi connectivity index (χ1v) is 7.09. The molecular weight excluding hydrogens is 286 g/mol. The van der Waals surface area contributed by atoms with Crippen molar-refractivity contribution >= 4 is 38.3 Å². The summed E-state index contributed by atoms with van der Waals surface area (Å²) in [6.45, 7) is 0. The number of thiazole rings is 1. The summed E-state index contributed by atoms with van der Waals surface area (Å²) in [6, 6.07) is 12.6. The van der Waals surface area contributed by atoms with Gasteiger partial charge >= 0.3 is 0 Å². The number of amides is 1. The fourth-order valence-corrected chi connectivity index (χ4v) is 2.81. The van der Waals surface area contributed by atoms with Crippen molar-refractivity contribution in [2.24, 2.45) is 0 Å². The highest BCUT2D eigenvalue weighted by Gasteiger charge is 2.11. The van der Waals surface area contributed by atoms with Crippen LogP contribution in [0.5, 0.6) is 5.75 Å². The molecule has 0 bridgehead atoms. The molecule has 0 fully saturated rings. The van der Waals surface area contributed by atoms with Gasteiger partial charge in [0.25, 0.3) is 5.91 Å². The molecule has 0 atom stereocenters. The van der Waals surface area contributed by atoms with Crippen molar-refractivity contribution in [3.05, 3.63) is 48.0 Å². The number of nitrogens with two attached hydrogens (primary N) is 1. The molecular formula is C15H13N3O2S. The number of benzene rings is 2. The molecule has 0 aliphatic rings. The lowest BCUT2D eigenvalue weighted by atomic mass is 10.2. The van der Waals surface area contributed by atoms with Crippen LogP contribution < -0.4 is 15.8 Å². The maximum atomic E-state index is 12.2. The molecule has 1 amide bonds. The maximum absolute atomic E-state index is 12.2. The maximum Gasteiger partial charge on any atom is 0.257 e. The Morgan fingerprint density at radius 1 is 1.29 bits per heavy atom. The van der Waals surface area contributed by atoms with Crippen molar-refractivity contribution < 1.29 is 9.53 Å². The lowest BCUT2D eigenvalue weighted by molar-refractivity contribution is 0.102. The Morgan fingerprint density at radius 3 is 2.86 bits per heavy atom. The summed E-state index contributed by atoms with van der Waals surface area (Å²) >= 11 is 1.43. The molecule has 106 valence electrons. The van der Waals surface area contributed by atoms with Crippen LogP contribution >= 0.6 is 11.3 Å². The van der Waals surface area contributed by atoms with Crippen LogP contribution in [0.1, 0.15) is 10.4 Å². The second kappa shape index (κ2) is 5.41. The van der Waals surface area contributed by atoms with Crippen molar-refractivity contribution in [3.8, 4) is 5.75 Å².